The maximum absolute atomic E-state index is 13.6. The van der Waals surface area contributed by atoms with Gasteiger partial charge < -0.3 is 4.40 Å². The monoisotopic (exact) mass is 230 g/mol. The Hall–Kier alpha value is -2.23. The lowest BCUT2D eigenvalue weighted by Gasteiger charge is -1.98. The van der Waals surface area contributed by atoms with Gasteiger partial charge in [-0.25, -0.2) is 13.8 Å². The molecule has 0 N–H and O–H groups in total. The van der Waals surface area contributed by atoms with Crippen LogP contribution in [-0.4, -0.2) is 9.38 Å². The largest absolute Gasteiger partial charge is 0.306 e. The van der Waals surface area contributed by atoms with Crippen LogP contribution in [0.3, 0.4) is 0 Å². The summed E-state index contributed by atoms with van der Waals surface area (Å²) < 4.78 is 28.5. The van der Waals surface area contributed by atoms with Gasteiger partial charge in [0.25, 0.3) is 0 Å². The van der Waals surface area contributed by atoms with Crippen molar-refractivity contribution in [2.24, 2.45) is 0 Å². The predicted molar refractivity (Wildman–Crippen MR) is 60.5 cm³/mol. The molecule has 2 heterocycles. The number of nitrogens with zero attached hydrogens (tertiary/aromatic N) is 2. The fraction of sp³-hybridized carbons (Fsp3) is 0. The summed E-state index contributed by atoms with van der Waals surface area (Å²) in [6.45, 7) is 0. The normalized spacial score (nSPS) is 10.9. The van der Waals surface area contributed by atoms with Crippen molar-refractivity contribution in [1.82, 2.24) is 9.38 Å². The van der Waals surface area contributed by atoms with Crippen molar-refractivity contribution in [1.29, 1.82) is 0 Å². The van der Waals surface area contributed by atoms with Crippen molar-refractivity contribution in [3.05, 3.63) is 60.4 Å². The van der Waals surface area contributed by atoms with E-state index in [9.17, 15) is 8.78 Å². The van der Waals surface area contributed by atoms with Crippen LogP contribution in [0, 0.1) is 11.6 Å². The quantitative estimate of drug-likeness (QED) is 0.627. The zero-order valence-electron chi connectivity index (χ0n) is 8.77. The van der Waals surface area contributed by atoms with Crippen molar-refractivity contribution in [3.8, 4) is 11.3 Å². The molecule has 0 aliphatic heterocycles. The molecular formula is C13H8F2N2. The molecule has 0 radical (unpaired) electrons. The fourth-order valence-corrected chi connectivity index (χ4v) is 1.77. The van der Waals surface area contributed by atoms with Crippen LogP contribution in [0.4, 0.5) is 8.78 Å². The minimum Gasteiger partial charge on any atom is -0.306 e. The molecule has 0 aliphatic rings. The fourth-order valence-electron chi connectivity index (χ4n) is 1.77. The molecule has 3 aromatic rings. The highest BCUT2D eigenvalue weighted by molar-refractivity contribution is 5.63. The number of aromatic nitrogens is 2. The third-order valence-corrected chi connectivity index (χ3v) is 2.59. The number of imidazole rings is 1. The Labute approximate surface area is 96.2 Å². The van der Waals surface area contributed by atoms with E-state index < -0.39 is 11.6 Å². The summed E-state index contributed by atoms with van der Waals surface area (Å²) in [4.78, 5) is 4.24. The molecule has 2 nitrogen and oxygen atoms in total. The maximum Gasteiger partial charge on any atom is 0.168 e. The van der Waals surface area contributed by atoms with Gasteiger partial charge in [0.2, 0.25) is 0 Å². The lowest BCUT2D eigenvalue weighted by molar-refractivity contribution is 0.511. The molecule has 0 fully saturated rings. The summed E-state index contributed by atoms with van der Waals surface area (Å²) in [5.74, 6) is -1.73. The number of halogens is 2. The van der Waals surface area contributed by atoms with Crippen molar-refractivity contribution in [2.75, 3.05) is 0 Å². The zero-order valence-corrected chi connectivity index (χ0v) is 8.77. The molecule has 0 spiro atoms. The summed E-state index contributed by atoms with van der Waals surface area (Å²) in [5.41, 5.74) is 1.30. The Morgan fingerprint density at radius 2 is 1.88 bits per heavy atom. The van der Waals surface area contributed by atoms with Crippen LogP contribution in [0.25, 0.3) is 16.9 Å². The standard InChI is InChI=1S/C13H8F2N2/c14-10-5-3-4-9(13(10)15)11-8-17-7-2-1-6-12(17)16-11/h1-8H. The second-order valence-corrected chi connectivity index (χ2v) is 3.69. The Morgan fingerprint density at radius 3 is 2.71 bits per heavy atom. The molecular weight excluding hydrogens is 222 g/mol. The molecule has 2 aromatic heterocycles. The van der Waals surface area contributed by atoms with E-state index in [1.165, 1.54) is 12.1 Å². The summed E-state index contributed by atoms with van der Waals surface area (Å²) in [5, 5.41) is 0. The number of pyridine rings is 1. The van der Waals surface area contributed by atoms with E-state index >= 15 is 0 Å². The summed E-state index contributed by atoms with van der Waals surface area (Å²) >= 11 is 0. The molecule has 0 unspecified atom stereocenters. The zero-order chi connectivity index (χ0) is 11.8. The van der Waals surface area contributed by atoms with Gasteiger partial charge in [-0.3, -0.25) is 0 Å². The Bertz CT molecular complexity index is 656. The van der Waals surface area contributed by atoms with Gasteiger partial charge in [-0.2, -0.15) is 0 Å². The van der Waals surface area contributed by atoms with Crippen LogP contribution in [0.1, 0.15) is 0 Å². The van der Waals surface area contributed by atoms with Crippen molar-refractivity contribution >= 4 is 5.65 Å². The van der Waals surface area contributed by atoms with E-state index in [1.807, 2.05) is 18.3 Å². The number of fused-ring (bicyclic) bond motifs is 1. The first-order chi connectivity index (χ1) is 8.25. The second kappa shape index (κ2) is 3.66. The van der Waals surface area contributed by atoms with Crippen molar-refractivity contribution in [3.63, 3.8) is 0 Å². The highest BCUT2D eigenvalue weighted by Crippen LogP contribution is 2.23. The number of benzene rings is 1. The van der Waals surface area contributed by atoms with Crippen molar-refractivity contribution < 1.29 is 8.78 Å². The first kappa shape index (κ1) is 9.96. The second-order valence-electron chi connectivity index (χ2n) is 3.69. The van der Waals surface area contributed by atoms with E-state index in [4.69, 9.17) is 0 Å². The van der Waals surface area contributed by atoms with Crippen LogP contribution in [-0.2, 0) is 0 Å². The van der Waals surface area contributed by atoms with Crippen LogP contribution >= 0.6 is 0 Å². The first-order valence-corrected chi connectivity index (χ1v) is 5.14. The van der Waals surface area contributed by atoms with E-state index in [0.29, 0.717) is 11.3 Å². The minimum absolute atomic E-state index is 0.175. The number of hydrogen-bond donors (Lipinski definition) is 0. The molecule has 0 bridgehead atoms. The Morgan fingerprint density at radius 1 is 1.00 bits per heavy atom. The molecule has 0 atom stereocenters. The van der Waals surface area contributed by atoms with Crippen LogP contribution in [0.15, 0.2) is 48.8 Å². The molecule has 0 aliphatic carbocycles. The lowest BCUT2D eigenvalue weighted by Crippen LogP contribution is -1.88. The third kappa shape index (κ3) is 1.58. The van der Waals surface area contributed by atoms with E-state index in [2.05, 4.69) is 4.98 Å². The molecule has 84 valence electrons. The lowest BCUT2D eigenvalue weighted by atomic mass is 10.1. The van der Waals surface area contributed by atoms with E-state index in [1.54, 1.807) is 16.7 Å². The van der Waals surface area contributed by atoms with Crippen LogP contribution in [0.5, 0.6) is 0 Å². The van der Waals surface area contributed by atoms with Gasteiger partial charge in [-0.1, -0.05) is 12.1 Å². The van der Waals surface area contributed by atoms with Crippen LogP contribution < -0.4 is 0 Å². The molecule has 17 heavy (non-hydrogen) atoms. The average molecular weight is 230 g/mol. The van der Waals surface area contributed by atoms with Gasteiger partial charge in [0.15, 0.2) is 11.6 Å². The van der Waals surface area contributed by atoms with E-state index in [0.717, 1.165) is 6.07 Å². The summed E-state index contributed by atoms with van der Waals surface area (Å²) in [7, 11) is 0. The van der Waals surface area contributed by atoms with E-state index in [-0.39, 0.29) is 5.56 Å². The highest BCUT2D eigenvalue weighted by Gasteiger charge is 2.12. The molecule has 0 amide bonds. The van der Waals surface area contributed by atoms with Gasteiger partial charge in [-0.05, 0) is 24.3 Å². The first-order valence-electron chi connectivity index (χ1n) is 5.14. The molecule has 3 rings (SSSR count). The summed E-state index contributed by atoms with van der Waals surface area (Å²) in [6, 6.07) is 9.57. The minimum atomic E-state index is -0.865. The molecule has 1 aromatic carbocycles. The average Bonchev–Trinajstić information content (AvgIpc) is 2.76. The van der Waals surface area contributed by atoms with Crippen molar-refractivity contribution in [2.45, 2.75) is 0 Å². The molecule has 4 heteroatoms. The highest BCUT2D eigenvalue weighted by atomic mass is 19.2. The SMILES string of the molecule is Fc1cccc(-c2cn3ccccc3n2)c1F. The predicted octanol–water partition coefficient (Wildman–Crippen LogP) is 3.28. The molecule has 0 saturated heterocycles. The topological polar surface area (TPSA) is 17.3 Å². The Kier molecular flexibility index (Phi) is 2.14. The van der Waals surface area contributed by atoms with Gasteiger partial charge in [0, 0.05) is 18.0 Å². The maximum atomic E-state index is 13.6. The smallest absolute Gasteiger partial charge is 0.168 e. The van der Waals surface area contributed by atoms with Crippen LogP contribution in [0.2, 0.25) is 0 Å². The van der Waals surface area contributed by atoms with Gasteiger partial charge >= 0.3 is 0 Å². The third-order valence-electron chi connectivity index (χ3n) is 2.59. The number of hydrogen-bond acceptors (Lipinski definition) is 1. The van der Waals surface area contributed by atoms with Gasteiger partial charge in [0.1, 0.15) is 5.65 Å². The summed E-state index contributed by atoms with van der Waals surface area (Å²) in [6.07, 6.45) is 3.48. The number of rotatable bonds is 1. The van der Waals surface area contributed by atoms with Gasteiger partial charge in [-0.15, -0.1) is 0 Å². The Balaban J connectivity index is 2.24. The molecule has 0 saturated carbocycles. The van der Waals surface area contributed by atoms with Gasteiger partial charge in [0.05, 0.1) is 5.69 Å².